The van der Waals surface area contributed by atoms with E-state index < -0.39 is 0 Å². The lowest BCUT2D eigenvalue weighted by atomic mass is 10.0. The zero-order valence-electron chi connectivity index (χ0n) is 10.1. The van der Waals surface area contributed by atoms with Crippen molar-refractivity contribution in [2.45, 2.75) is 0 Å². The Hall–Kier alpha value is -1.87. The molecule has 0 aliphatic carbocycles. The van der Waals surface area contributed by atoms with Crippen LogP contribution >= 0.6 is 0 Å². The van der Waals surface area contributed by atoms with Gasteiger partial charge in [-0.25, -0.2) is 0 Å². The van der Waals surface area contributed by atoms with Crippen LogP contribution in [0.4, 0.5) is 0 Å². The molecule has 0 aromatic heterocycles. The summed E-state index contributed by atoms with van der Waals surface area (Å²) in [5, 5.41) is 8.34. The van der Waals surface area contributed by atoms with E-state index in [1.165, 1.54) is 0 Å². The molecule has 18 heavy (non-hydrogen) atoms. The third-order valence-corrected chi connectivity index (χ3v) is 3.45. The standard InChI is InChI=1S/C15H16N2O/c18-15(17-10-11-8-16-9-11)14-7-3-5-12-4-1-2-6-13(12)14/h1-7,11,16H,8-10H2,(H,17,18). The van der Waals surface area contributed by atoms with Gasteiger partial charge in [-0.3, -0.25) is 4.79 Å². The zero-order chi connectivity index (χ0) is 12.4. The van der Waals surface area contributed by atoms with E-state index in [4.69, 9.17) is 0 Å². The topological polar surface area (TPSA) is 41.1 Å². The molecule has 0 atom stereocenters. The van der Waals surface area contributed by atoms with E-state index in [1.807, 2.05) is 42.5 Å². The van der Waals surface area contributed by atoms with Crippen LogP contribution in [0.3, 0.4) is 0 Å². The van der Waals surface area contributed by atoms with Gasteiger partial charge in [-0.1, -0.05) is 36.4 Å². The zero-order valence-corrected chi connectivity index (χ0v) is 10.1. The molecular formula is C15H16N2O. The molecule has 3 rings (SSSR count). The average Bonchev–Trinajstić information content (AvgIpc) is 2.36. The van der Waals surface area contributed by atoms with Crippen LogP contribution in [0.5, 0.6) is 0 Å². The number of benzene rings is 2. The predicted molar refractivity (Wildman–Crippen MR) is 72.6 cm³/mol. The maximum Gasteiger partial charge on any atom is 0.251 e. The van der Waals surface area contributed by atoms with Crippen molar-refractivity contribution in [2.24, 2.45) is 5.92 Å². The van der Waals surface area contributed by atoms with Crippen molar-refractivity contribution in [1.29, 1.82) is 0 Å². The van der Waals surface area contributed by atoms with Crippen LogP contribution in [-0.2, 0) is 0 Å². The lowest BCUT2D eigenvalue weighted by Crippen LogP contribution is -2.48. The Morgan fingerprint density at radius 2 is 1.94 bits per heavy atom. The number of hydrogen-bond acceptors (Lipinski definition) is 2. The first kappa shape index (κ1) is 11.2. The lowest BCUT2D eigenvalue weighted by Gasteiger charge is -2.27. The van der Waals surface area contributed by atoms with Gasteiger partial charge in [-0.2, -0.15) is 0 Å². The predicted octanol–water partition coefficient (Wildman–Crippen LogP) is 1.79. The summed E-state index contributed by atoms with van der Waals surface area (Å²) in [6.45, 7) is 2.78. The van der Waals surface area contributed by atoms with Gasteiger partial charge < -0.3 is 10.6 Å². The van der Waals surface area contributed by atoms with Crippen LogP contribution in [-0.4, -0.2) is 25.5 Å². The molecular weight excluding hydrogens is 224 g/mol. The second-order valence-corrected chi connectivity index (χ2v) is 4.76. The minimum absolute atomic E-state index is 0.0266. The molecule has 0 bridgehead atoms. The van der Waals surface area contributed by atoms with Crippen LogP contribution in [0, 0.1) is 5.92 Å². The maximum atomic E-state index is 12.2. The molecule has 0 saturated carbocycles. The van der Waals surface area contributed by atoms with Gasteiger partial charge >= 0.3 is 0 Å². The van der Waals surface area contributed by atoms with Gasteiger partial charge in [0.2, 0.25) is 0 Å². The Morgan fingerprint density at radius 3 is 2.72 bits per heavy atom. The van der Waals surface area contributed by atoms with Crippen molar-refractivity contribution in [1.82, 2.24) is 10.6 Å². The van der Waals surface area contributed by atoms with Gasteiger partial charge in [0, 0.05) is 31.1 Å². The van der Waals surface area contributed by atoms with Crippen LogP contribution in [0.15, 0.2) is 42.5 Å². The Kier molecular flexibility index (Phi) is 2.99. The van der Waals surface area contributed by atoms with Crippen LogP contribution in [0.2, 0.25) is 0 Å². The molecule has 1 saturated heterocycles. The highest BCUT2D eigenvalue weighted by Crippen LogP contribution is 2.18. The normalized spacial score (nSPS) is 15.3. The van der Waals surface area contributed by atoms with Gasteiger partial charge in [-0.15, -0.1) is 0 Å². The summed E-state index contributed by atoms with van der Waals surface area (Å²) >= 11 is 0. The molecule has 0 spiro atoms. The second-order valence-electron chi connectivity index (χ2n) is 4.76. The average molecular weight is 240 g/mol. The second kappa shape index (κ2) is 4.78. The van der Waals surface area contributed by atoms with Gasteiger partial charge in [0.05, 0.1) is 0 Å². The van der Waals surface area contributed by atoms with E-state index in [-0.39, 0.29) is 5.91 Å². The van der Waals surface area contributed by atoms with E-state index in [1.54, 1.807) is 0 Å². The van der Waals surface area contributed by atoms with Crippen LogP contribution < -0.4 is 10.6 Å². The Morgan fingerprint density at radius 1 is 1.17 bits per heavy atom. The molecule has 3 nitrogen and oxygen atoms in total. The lowest BCUT2D eigenvalue weighted by molar-refractivity contribution is 0.0944. The third-order valence-electron chi connectivity index (χ3n) is 3.45. The van der Waals surface area contributed by atoms with Crippen molar-refractivity contribution in [2.75, 3.05) is 19.6 Å². The maximum absolute atomic E-state index is 12.2. The Labute approximate surface area is 106 Å². The smallest absolute Gasteiger partial charge is 0.251 e. The number of carbonyl (C=O) groups excluding carboxylic acids is 1. The number of amides is 1. The molecule has 1 amide bonds. The van der Waals surface area contributed by atoms with Crippen LogP contribution in [0.25, 0.3) is 10.8 Å². The first-order valence-corrected chi connectivity index (χ1v) is 6.31. The first-order chi connectivity index (χ1) is 8.84. The molecule has 92 valence electrons. The van der Waals surface area contributed by atoms with Gasteiger partial charge in [0.15, 0.2) is 0 Å². The van der Waals surface area contributed by atoms with E-state index in [2.05, 4.69) is 10.6 Å². The SMILES string of the molecule is O=C(NCC1CNC1)c1cccc2ccccc12. The molecule has 3 heteroatoms. The minimum Gasteiger partial charge on any atom is -0.352 e. The number of nitrogens with one attached hydrogen (secondary N) is 2. The van der Waals surface area contributed by atoms with E-state index in [0.29, 0.717) is 5.92 Å². The van der Waals surface area contributed by atoms with Crippen LogP contribution in [0.1, 0.15) is 10.4 Å². The molecule has 1 aliphatic rings. The highest BCUT2D eigenvalue weighted by atomic mass is 16.1. The molecule has 1 heterocycles. The summed E-state index contributed by atoms with van der Waals surface area (Å²) in [7, 11) is 0. The summed E-state index contributed by atoms with van der Waals surface area (Å²) in [6.07, 6.45) is 0. The first-order valence-electron chi connectivity index (χ1n) is 6.31. The van der Waals surface area contributed by atoms with Gasteiger partial charge in [0.25, 0.3) is 5.91 Å². The van der Waals surface area contributed by atoms with Crippen molar-refractivity contribution in [3.63, 3.8) is 0 Å². The number of rotatable bonds is 3. The Bertz CT molecular complexity index is 570. The molecule has 0 unspecified atom stereocenters. The third kappa shape index (κ3) is 2.09. The fourth-order valence-electron chi connectivity index (χ4n) is 2.25. The minimum atomic E-state index is 0.0266. The summed E-state index contributed by atoms with van der Waals surface area (Å²) in [4.78, 5) is 12.2. The molecule has 2 aromatic carbocycles. The molecule has 1 fully saturated rings. The molecule has 1 aliphatic heterocycles. The van der Waals surface area contributed by atoms with Crippen molar-refractivity contribution >= 4 is 16.7 Å². The molecule has 0 radical (unpaired) electrons. The highest BCUT2D eigenvalue weighted by Gasteiger charge is 2.18. The van der Waals surface area contributed by atoms with Gasteiger partial charge in [0.1, 0.15) is 0 Å². The van der Waals surface area contributed by atoms with Crippen molar-refractivity contribution in [3.05, 3.63) is 48.0 Å². The number of fused-ring (bicyclic) bond motifs is 1. The summed E-state index contributed by atoms with van der Waals surface area (Å²) in [5.74, 6) is 0.614. The highest BCUT2D eigenvalue weighted by molar-refractivity contribution is 6.06. The quantitative estimate of drug-likeness (QED) is 0.858. The fraction of sp³-hybridized carbons (Fsp3) is 0.267. The van der Waals surface area contributed by atoms with Crippen molar-refractivity contribution in [3.8, 4) is 0 Å². The van der Waals surface area contributed by atoms with E-state index in [9.17, 15) is 4.79 Å². The van der Waals surface area contributed by atoms with E-state index in [0.717, 1.165) is 36.0 Å². The number of carbonyl (C=O) groups is 1. The molecule has 2 N–H and O–H groups in total. The summed E-state index contributed by atoms with van der Waals surface area (Å²) < 4.78 is 0. The summed E-state index contributed by atoms with van der Waals surface area (Å²) in [5.41, 5.74) is 0.764. The number of hydrogen-bond donors (Lipinski definition) is 2. The van der Waals surface area contributed by atoms with Crippen molar-refractivity contribution < 1.29 is 4.79 Å². The molecule has 2 aromatic rings. The largest absolute Gasteiger partial charge is 0.352 e. The summed E-state index contributed by atoms with van der Waals surface area (Å²) in [6, 6.07) is 13.8. The monoisotopic (exact) mass is 240 g/mol. The van der Waals surface area contributed by atoms with E-state index >= 15 is 0 Å². The van der Waals surface area contributed by atoms with Gasteiger partial charge in [-0.05, 0) is 16.8 Å². The Balaban J connectivity index is 1.81. The fourth-order valence-corrected chi connectivity index (χ4v) is 2.25.